The first-order valence-corrected chi connectivity index (χ1v) is 14.0. The maximum absolute atomic E-state index is 15.0. The second-order valence-corrected chi connectivity index (χ2v) is 10.9. The summed E-state index contributed by atoms with van der Waals surface area (Å²) in [6.45, 7) is 0. The van der Waals surface area contributed by atoms with Crippen LogP contribution < -0.4 is 11.1 Å². The number of hydrogen-bond acceptors (Lipinski definition) is 4. The van der Waals surface area contributed by atoms with E-state index in [0.29, 0.717) is 24.1 Å². The number of benzene rings is 2. The van der Waals surface area contributed by atoms with Crippen LogP contribution in [0.15, 0.2) is 73.1 Å². The van der Waals surface area contributed by atoms with E-state index in [1.165, 1.54) is 31.7 Å². The third kappa shape index (κ3) is 6.13. The molecule has 0 radical (unpaired) electrons. The molecule has 38 heavy (non-hydrogen) atoms. The number of carbonyl (C=O) groups is 1. The lowest BCUT2D eigenvalue weighted by Crippen LogP contribution is -2.42. The SMILES string of the molecule is N[C@H](C(=O)Nc1cncc(F)c1CC[C@@H]1CCCC2(CCCCC2)O1)C(c1ccccc1)c1ccccc1. The Bertz CT molecular complexity index is 1150. The highest BCUT2D eigenvalue weighted by Crippen LogP contribution is 2.41. The van der Waals surface area contributed by atoms with Crippen LogP contribution in [0, 0.1) is 5.82 Å². The number of ether oxygens (including phenoxy) is 1. The van der Waals surface area contributed by atoms with E-state index in [1.807, 2.05) is 60.7 Å². The molecule has 5 nitrogen and oxygen atoms in total. The minimum absolute atomic E-state index is 0.0195. The van der Waals surface area contributed by atoms with E-state index in [-0.39, 0.29) is 23.5 Å². The Morgan fingerprint density at radius 1 is 0.974 bits per heavy atom. The molecule has 1 saturated heterocycles. The molecule has 0 bridgehead atoms. The van der Waals surface area contributed by atoms with Gasteiger partial charge in [0, 0.05) is 11.5 Å². The number of amides is 1. The van der Waals surface area contributed by atoms with Gasteiger partial charge < -0.3 is 15.8 Å². The highest BCUT2D eigenvalue weighted by Gasteiger charge is 2.38. The summed E-state index contributed by atoms with van der Waals surface area (Å²) in [6, 6.07) is 18.7. The van der Waals surface area contributed by atoms with E-state index in [4.69, 9.17) is 10.5 Å². The molecule has 2 heterocycles. The minimum Gasteiger partial charge on any atom is -0.372 e. The molecule has 2 aromatic carbocycles. The molecule has 1 aliphatic heterocycles. The van der Waals surface area contributed by atoms with Crippen molar-refractivity contribution in [1.82, 2.24) is 4.98 Å². The van der Waals surface area contributed by atoms with Gasteiger partial charge in [-0.2, -0.15) is 0 Å². The Labute approximate surface area is 225 Å². The molecule has 3 aromatic rings. The zero-order valence-corrected chi connectivity index (χ0v) is 22.0. The Kier molecular flexibility index (Phi) is 8.50. The topological polar surface area (TPSA) is 77.2 Å². The van der Waals surface area contributed by atoms with Crippen LogP contribution >= 0.6 is 0 Å². The van der Waals surface area contributed by atoms with E-state index in [2.05, 4.69) is 10.3 Å². The van der Waals surface area contributed by atoms with E-state index < -0.39 is 11.9 Å². The van der Waals surface area contributed by atoms with Gasteiger partial charge in [-0.1, -0.05) is 79.9 Å². The van der Waals surface area contributed by atoms with E-state index in [9.17, 15) is 4.79 Å². The number of carbonyl (C=O) groups excluding carboxylic acids is 1. The number of nitrogens with two attached hydrogens (primary N) is 1. The minimum atomic E-state index is -0.872. The van der Waals surface area contributed by atoms with Crippen LogP contribution in [0.4, 0.5) is 10.1 Å². The number of anilines is 1. The summed E-state index contributed by atoms with van der Waals surface area (Å²) in [4.78, 5) is 17.5. The molecule has 2 fully saturated rings. The van der Waals surface area contributed by atoms with Gasteiger partial charge in [-0.3, -0.25) is 9.78 Å². The second-order valence-electron chi connectivity index (χ2n) is 10.9. The molecule has 2 atom stereocenters. The molecule has 1 aromatic heterocycles. The zero-order chi connectivity index (χ0) is 26.4. The fourth-order valence-electron chi connectivity index (χ4n) is 6.31. The second kappa shape index (κ2) is 12.2. The van der Waals surface area contributed by atoms with Crippen molar-refractivity contribution in [3.63, 3.8) is 0 Å². The van der Waals surface area contributed by atoms with E-state index in [0.717, 1.165) is 43.2 Å². The van der Waals surface area contributed by atoms with Crippen molar-refractivity contribution in [2.24, 2.45) is 5.73 Å². The fourth-order valence-corrected chi connectivity index (χ4v) is 6.31. The average molecular weight is 516 g/mol. The van der Waals surface area contributed by atoms with Gasteiger partial charge in [-0.15, -0.1) is 0 Å². The smallest absolute Gasteiger partial charge is 0.242 e. The van der Waals surface area contributed by atoms with Crippen molar-refractivity contribution >= 4 is 11.6 Å². The summed E-state index contributed by atoms with van der Waals surface area (Å²) in [5.41, 5.74) is 9.35. The molecule has 200 valence electrons. The van der Waals surface area contributed by atoms with Crippen molar-refractivity contribution in [2.45, 2.75) is 87.9 Å². The molecule has 1 saturated carbocycles. The quantitative estimate of drug-likeness (QED) is 0.358. The van der Waals surface area contributed by atoms with Crippen molar-refractivity contribution < 1.29 is 13.9 Å². The standard InChI is InChI=1S/C32H38FN3O2/c33-27-21-35-22-28(26(27)17-16-25-15-10-20-32(38-25)18-8-3-9-19-32)36-31(37)30(34)29(23-11-4-1-5-12-23)24-13-6-2-7-14-24/h1-2,4-7,11-14,21-22,25,29-30H,3,8-10,15-20,34H2,(H,36,37)/t25-,30-/m0/s1. The number of hydrogen-bond donors (Lipinski definition) is 2. The highest BCUT2D eigenvalue weighted by molar-refractivity contribution is 5.96. The number of aromatic nitrogens is 1. The summed E-state index contributed by atoms with van der Waals surface area (Å²) < 4.78 is 21.6. The Balaban J connectivity index is 1.30. The molecule has 3 N–H and O–H groups in total. The van der Waals surface area contributed by atoms with Gasteiger partial charge in [0.25, 0.3) is 0 Å². The lowest BCUT2D eigenvalue weighted by atomic mass is 9.78. The number of pyridine rings is 1. The first-order chi connectivity index (χ1) is 18.5. The molecule has 1 aliphatic carbocycles. The third-order valence-electron chi connectivity index (χ3n) is 8.30. The van der Waals surface area contributed by atoms with Crippen LogP contribution in [0.25, 0.3) is 0 Å². The summed E-state index contributed by atoms with van der Waals surface area (Å²) in [7, 11) is 0. The van der Waals surface area contributed by atoms with Crippen LogP contribution in [0.2, 0.25) is 0 Å². The van der Waals surface area contributed by atoms with Crippen molar-refractivity contribution in [3.05, 3.63) is 95.6 Å². The lowest BCUT2D eigenvalue weighted by molar-refractivity contribution is -0.147. The van der Waals surface area contributed by atoms with E-state index >= 15 is 4.39 Å². The third-order valence-corrected chi connectivity index (χ3v) is 8.30. The highest BCUT2D eigenvalue weighted by atomic mass is 19.1. The van der Waals surface area contributed by atoms with Crippen molar-refractivity contribution in [1.29, 1.82) is 0 Å². The normalized spacial score (nSPS) is 19.8. The zero-order valence-electron chi connectivity index (χ0n) is 22.0. The summed E-state index contributed by atoms with van der Waals surface area (Å²) in [6.07, 6.45) is 13.3. The molecular formula is C32H38FN3O2. The van der Waals surface area contributed by atoms with Crippen LogP contribution in [-0.2, 0) is 16.0 Å². The van der Waals surface area contributed by atoms with Crippen LogP contribution in [0.5, 0.6) is 0 Å². The molecule has 0 unspecified atom stereocenters. The summed E-state index contributed by atoms with van der Waals surface area (Å²) in [5.74, 6) is -1.13. The molecule has 1 amide bonds. The average Bonchev–Trinajstić information content (AvgIpc) is 2.94. The van der Waals surface area contributed by atoms with Gasteiger partial charge in [0.1, 0.15) is 5.82 Å². The monoisotopic (exact) mass is 515 g/mol. The molecule has 6 heteroatoms. The number of rotatable bonds is 8. The fraction of sp³-hybridized carbons (Fsp3) is 0.438. The molecular weight excluding hydrogens is 477 g/mol. The summed E-state index contributed by atoms with van der Waals surface area (Å²) >= 11 is 0. The largest absolute Gasteiger partial charge is 0.372 e. The molecule has 5 rings (SSSR count). The Hall–Kier alpha value is -3.09. The Morgan fingerprint density at radius 2 is 1.61 bits per heavy atom. The van der Waals surface area contributed by atoms with Crippen LogP contribution in [0.3, 0.4) is 0 Å². The lowest BCUT2D eigenvalue weighted by Gasteiger charge is -2.44. The predicted octanol–water partition coefficient (Wildman–Crippen LogP) is 6.52. The first-order valence-electron chi connectivity index (χ1n) is 14.0. The number of nitrogens with zero attached hydrogens (tertiary/aromatic N) is 1. The van der Waals surface area contributed by atoms with Crippen LogP contribution in [0.1, 0.15) is 80.4 Å². The predicted molar refractivity (Wildman–Crippen MR) is 148 cm³/mol. The van der Waals surface area contributed by atoms with Gasteiger partial charge in [0.15, 0.2) is 0 Å². The van der Waals surface area contributed by atoms with Crippen molar-refractivity contribution in [2.75, 3.05) is 5.32 Å². The van der Waals surface area contributed by atoms with Gasteiger partial charge in [0.2, 0.25) is 5.91 Å². The Morgan fingerprint density at radius 3 is 2.26 bits per heavy atom. The number of halogens is 1. The molecule has 1 spiro atoms. The first kappa shape index (κ1) is 26.5. The maximum atomic E-state index is 15.0. The van der Waals surface area contributed by atoms with E-state index in [1.54, 1.807) is 0 Å². The maximum Gasteiger partial charge on any atom is 0.242 e. The summed E-state index contributed by atoms with van der Waals surface area (Å²) in [5, 5.41) is 2.91. The van der Waals surface area contributed by atoms with Crippen molar-refractivity contribution in [3.8, 4) is 0 Å². The van der Waals surface area contributed by atoms with Gasteiger partial charge in [-0.25, -0.2) is 4.39 Å². The number of nitrogens with one attached hydrogen (secondary N) is 1. The van der Waals surface area contributed by atoms with Gasteiger partial charge in [-0.05, 0) is 56.1 Å². The van der Waals surface area contributed by atoms with Crippen LogP contribution in [-0.4, -0.2) is 28.6 Å². The molecule has 2 aliphatic rings. The van der Waals surface area contributed by atoms with Gasteiger partial charge in [0.05, 0.1) is 35.8 Å². The van der Waals surface area contributed by atoms with Gasteiger partial charge >= 0.3 is 0 Å².